The molecule has 0 radical (unpaired) electrons. The van der Waals surface area contributed by atoms with Crippen LogP contribution in [0.3, 0.4) is 0 Å². The maximum Gasteiger partial charge on any atom is 0.244 e. The number of hydrogen-bond acceptors (Lipinski definition) is 5. The molecule has 3 N–H and O–H groups in total. The van der Waals surface area contributed by atoms with Gasteiger partial charge < -0.3 is 5.73 Å². The second-order valence-corrected chi connectivity index (χ2v) is 5.86. The molecule has 2 heterocycles. The molecule has 2 aromatic rings. The number of aromatic nitrogens is 3. The largest absolute Gasteiger partial charge is 0.383 e. The summed E-state index contributed by atoms with van der Waals surface area (Å²) >= 11 is 0. The van der Waals surface area contributed by atoms with Gasteiger partial charge in [0.15, 0.2) is 0 Å². The Morgan fingerprint density at radius 3 is 2.79 bits per heavy atom. The van der Waals surface area contributed by atoms with Crippen molar-refractivity contribution < 1.29 is 8.42 Å². The van der Waals surface area contributed by atoms with E-state index in [0.29, 0.717) is 0 Å². The molecule has 0 aliphatic carbocycles. The first kappa shape index (κ1) is 13.5. The Balaban J connectivity index is 2.19. The Labute approximate surface area is 111 Å². The molecule has 0 spiro atoms. The molecule has 8 heteroatoms. The molecule has 0 atom stereocenters. The lowest BCUT2D eigenvalue weighted by molar-refractivity contribution is 0.581. The van der Waals surface area contributed by atoms with E-state index in [2.05, 4.69) is 14.8 Å². The summed E-state index contributed by atoms with van der Waals surface area (Å²) in [6.07, 6.45) is 3.21. The number of hydrogen-bond donors (Lipinski definition) is 2. The Morgan fingerprint density at radius 1 is 1.47 bits per heavy atom. The van der Waals surface area contributed by atoms with E-state index in [9.17, 15) is 8.42 Å². The van der Waals surface area contributed by atoms with Crippen LogP contribution in [0, 0.1) is 6.92 Å². The average Bonchev–Trinajstić information content (AvgIpc) is 2.66. The van der Waals surface area contributed by atoms with E-state index >= 15 is 0 Å². The third-order valence-corrected chi connectivity index (χ3v) is 4.11. The van der Waals surface area contributed by atoms with Gasteiger partial charge in [0, 0.05) is 31.5 Å². The first-order chi connectivity index (χ1) is 8.90. The molecular weight excluding hydrogens is 266 g/mol. The van der Waals surface area contributed by atoms with E-state index in [1.165, 1.54) is 18.3 Å². The van der Waals surface area contributed by atoms with Gasteiger partial charge in [-0.15, -0.1) is 0 Å². The average molecular weight is 281 g/mol. The summed E-state index contributed by atoms with van der Waals surface area (Å²) in [5.41, 5.74) is 7.16. The topological polar surface area (TPSA) is 103 Å². The summed E-state index contributed by atoms with van der Waals surface area (Å²) in [6.45, 7) is 1.98. The number of nitrogen functional groups attached to an aromatic ring is 1. The maximum atomic E-state index is 12.1. The minimum atomic E-state index is -3.67. The lowest BCUT2D eigenvalue weighted by Crippen LogP contribution is -2.24. The minimum Gasteiger partial charge on any atom is -0.383 e. The Morgan fingerprint density at radius 2 is 2.21 bits per heavy atom. The van der Waals surface area contributed by atoms with Gasteiger partial charge in [-0.1, -0.05) is 0 Å². The van der Waals surface area contributed by atoms with Crippen LogP contribution in [-0.4, -0.2) is 23.2 Å². The van der Waals surface area contributed by atoms with Crippen molar-refractivity contribution in [1.29, 1.82) is 0 Å². The van der Waals surface area contributed by atoms with Crippen molar-refractivity contribution in [3.8, 4) is 0 Å². The van der Waals surface area contributed by atoms with Gasteiger partial charge in [0.1, 0.15) is 10.7 Å². The van der Waals surface area contributed by atoms with Crippen LogP contribution in [0.5, 0.6) is 0 Å². The highest BCUT2D eigenvalue weighted by molar-refractivity contribution is 7.89. The fourth-order valence-corrected chi connectivity index (χ4v) is 2.79. The SMILES string of the molecule is Cc1nn(C)cc1CNS(=O)(=O)c1cccnc1N. The standard InChI is InChI=1S/C11H15N5O2S/c1-8-9(7-16(2)15-8)6-14-19(17,18)10-4-3-5-13-11(10)12/h3-5,7,14H,6H2,1-2H3,(H2,12,13). The molecular formula is C11H15N5O2S. The van der Waals surface area contributed by atoms with Crippen molar-refractivity contribution >= 4 is 15.8 Å². The highest BCUT2D eigenvalue weighted by atomic mass is 32.2. The molecule has 0 amide bonds. The lowest BCUT2D eigenvalue weighted by Gasteiger charge is -2.07. The van der Waals surface area contributed by atoms with Crippen LogP contribution in [0.1, 0.15) is 11.3 Å². The molecule has 2 rings (SSSR count). The van der Waals surface area contributed by atoms with Gasteiger partial charge in [0.25, 0.3) is 0 Å². The van der Waals surface area contributed by atoms with Gasteiger partial charge in [-0.3, -0.25) is 4.68 Å². The van der Waals surface area contributed by atoms with E-state index in [1.807, 2.05) is 6.92 Å². The first-order valence-electron chi connectivity index (χ1n) is 5.59. The van der Waals surface area contributed by atoms with Crippen molar-refractivity contribution in [2.75, 3.05) is 5.73 Å². The fourth-order valence-electron chi connectivity index (χ4n) is 1.70. The quantitative estimate of drug-likeness (QED) is 0.832. The molecule has 0 aromatic carbocycles. The van der Waals surface area contributed by atoms with Crippen LogP contribution in [0.4, 0.5) is 5.82 Å². The summed E-state index contributed by atoms with van der Waals surface area (Å²) in [5, 5.41) is 4.15. The number of pyridine rings is 1. The monoisotopic (exact) mass is 281 g/mol. The Bertz CT molecular complexity index is 693. The van der Waals surface area contributed by atoms with Gasteiger partial charge in [0.05, 0.1) is 5.69 Å². The zero-order chi connectivity index (χ0) is 14.0. The molecule has 0 saturated carbocycles. The van der Waals surface area contributed by atoms with Gasteiger partial charge in [-0.2, -0.15) is 5.10 Å². The van der Waals surface area contributed by atoms with E-state index in [0.717, 1.165) is 11.3 Å². The van der Waals surface area contributed by atoms with Crippen LogP contribution in [0.2, 0.25) is 0 Å². The van der Waals surface area contributed by atoms with Crippen molar-refractivity contribution in [3.63, 3.8) is 0 Å². The molecule has 7 nitrogen and oxygen atoms in total. The number of rotatable bonds is 4. The smallest absolute Gasteiger partial charge is 0.244 e. The zero-order valence-electron chi connectivity index (χ0n) is 10.7. The summed E-state index contributed by atoms with van der Waals surface area (Å²) in [4.78, 5) is 3.75. The second kappa shape index (κ2) is 4.98. The molecule has 0 saturated heterocycles. The number of nitrogens with two attached hydrogens (primary N) is 1. The normalized spacial score (nSPS) is 11.7. The van der Waals surface area contributed by atoms with Crippen molar-refractivity contribution in [1.82, 2.24) is 19.5 Å². The number of sulfonamides is 1. The van der Waals surface area contributed by atoms with Crippen LogP contribution in [0.15, 0.2) is 29.4 Å². The maximum absolute atomic E-state index is 12.1. The minimum absolute atomic E-state index is 0.0158. The summed E-state index contributed by atoms with van der Waals surface area (Å²) in [6, 6.07) is 2.95. The summed E-state index contributed by atoms with van der Waals surface area (Å²) < 4.78 is 28.3. The van der Waals surface area contributed by atoms with E-state index in [-0.39, 0.29) is 17.3 Å². The van der Waals surface area contributed by atoms with Crippen LogP contribution >= 0.6 is 0 Å². The number of nitrogens with zero attached hydrogens (tertiary/aromatic N) is 3. The summed E-state index contributed by atoms with van der Waals surface area (Å²) in [7, 11) is -1.89. The number of aryl methyl sites for hydroxylation is 2. The molecule has 0 bridgehead atoms. The highest BCUT2D eigenvalue weighted by Gasteiger charge is 2.18. The van der Waals surface area contributed by atoms with Crippen LogP contribution in [0.25, 0.3) is 0 Å². The van der Waals surface area contributed by atoms with Crippen LogP contribution < -0.4 is 10.5 Å². The van der Waals surface area contributed by atoms with Gasteiger partial charge >= 0.3 is 0 Å². The third kappa shape index (κ3) is 2.91. The fraction of sp³-hybridized carbons (Fsp3) is 0.273. The highest BCUT2D eigenvalue weighted by Crippen LogP contribution is 2.15. The zero-order valence-corrected chi connectivity index (χ0v) is 11.5. The van der Waals surface area contributed by atoms with Gasteiger partial charge in [-0.05, 0) is 19.1 Å². The number of nitrogens with one attached hydrogen (secondary N) is 1. The van der Waals surface area contributed by atoms with E-state index in [1.54, 1.807) is 17.9 Å². The van der Waals surface area contributed by atoms with E-state index < -0.39 is 10.0 Å². The van der Waals surface area contributed by atoms with Crippen LogP contribution in [-0.2, 0) is 23.6 Å². The molecule has 19 heavy (non-hydrogen) atoms. The third-order valence-electron chi connectivity index (χ3n) is 2.66. The summed E-state index contributed by atoms with van der Waals surface area (Å²) in [5.74, 6) is -0.0158. The second-order valence-electron chi connectivity index (χ2n) is 4.12. The predicted molar refractivity (Wildman–Crippen MR) is 70.6 cm³/mol. The lowest BCUT2D eigenvalue weighted by atomic mass is 10.3. The van der Waals surface area contributed by atoms with Crippen molar-refractivity contribution in [3.05, 3.63) is 35.8 Å². The van der Waals surface area contributed by atoms with Crippen molar-refractivity contribution in [2.24, 2.45) is 7.05 Å². The Hall–Kier alpha value is -1.93. The van der Waals surface area contributed by atoms with Gasteiger partial charge in [0.2, 0.25) is 10.0 Å². The van der Waals surface area contributed by atoms with Gasteiger partial charge in [-0.25, -0.2) is 18.1 Å². The molecule has 0 unspecified atom stereocenters. The molecule has 0 fully saturated rings. The molecule has 0 aliphatic rings. The van der Waals surface area contributed by atoms with E-state index in [4.69, 9.17) is 5.73 Å². The molecule has 102 valence electrons. The number of anilines is 1. The Kier molecular flexibility index (Phi) is 3.54. The van der Waals surface area contributed by atoms with Crippen molar-refractivity contribution in [2.45, 2.75) is 18.4 Å². The first-order valence-corrected chi connectivity index (χ1v) is 7.08. The predicted octanol–water partition coefficient (Wildman–Crippen LogP) is 0.184. The molecule has 2 aromatic heterocycles. The molecule has 0 aliphatic heterocycles.